The molecule has 3 aliphatic rings. The molecule has 7 rings (SSSR count). The minimum Gasteiger partial charge on any atom is -0.368 e. The zero-order valence-corrected chi connectivity index (χ0v) is 41.1. The van der Waals surface area contributed by atoms with E-state index in [1.54, 1.807) is 6.20 Å². The highest BCUT2D eigenvalue weighted by Crippen LogP contribution is 2.25. The molecule has 0 radical (unpaired) electrons. The van der Waals surface area contributed by atoms with E-state index in [9.17, 15) is 38.4 Å². The van der Waals surface area contributed by atoms with Crippen LogP contribution < -0.4 is 37.6 Å². The highest BCUT2D eigenvalue weighted by molar-refractivity contribution is 5.99. The fraction of sp³-hybridized carbons (Fsp3) is 0.491. The summed E-state index contributed by atoms with van der Waals surface area (Å²) in [6, 6.07) is 12.9. The molecule has 3 saturated heterocycles. The number of aromatic nitrogens is 1. The third-order valence-electron chi connectivity index (χ3n) is 14.0. The molecule has 9 N–H and O–H groups in total. The predicted molar refractivity (Wildman–Crippen MR) is 269 cm³/mol. The number of H-pyrrole nitrogens is 1. The molecule has 19 nitrogen and oxygen atoms in total. The number of aromatic amines is 1. The van der Waals surface area contributed by atoms with E-state index in [-0.39, 0.29) is 58.2 Å². The molecule has 0 bridgehead atoms. The average Bonchev–Trinajstić information content (AvgIpc) is 4.03. The molecule has 72 heavy (non-hydrogen) atoms. The molecule has 3 aromatic carbocycles. The van der Waals surface area contributed by atoms with E-state index in [0.29, 0.717) is 38.5 Å². The van der Waals surface area contributed by atoms with E-state index in [4.69, 9.17) is 5.73 Å². The van der Waals surface area contributed by atoms with Crippen LogP contribution in [0, 0.1) is 0 Å². The molecular weight excluding hydrogens is 921 g/mol. The van der Waals surface area contributed by atoms with Gasteiger partial charge in [-0.1, -0.05) is 80.4 Å². The van der Waals surface area contributed by atoms with Crippen LogP contribution in [0.2, 0.25) is 0 Å². The summed E-state index contributed by atoms with van der Waals surface area (Å²) in [7, 11) is 0. The number of carbonyl (C=O) groups excluding carboxylic acids is 9. The van der Waals surface area contributed by atoms with E-state index in [2.05, 4.69) is 36.9 Å². The lowest BCUT2D eigenvalue weighted by molar-refractivity contribution is -0.148. The maximum atomic E-state index is 15.1. The van der Waals surface area contributed by atoms with Gasteiger partial charge in [0.05, 0.1) is 6.42 Å². The van der Waals surface area contributed by atoms with Crippen LogP contribution in [0.5, 0.6) is 0 Å². The van der Waals surface area contributed by atoms with E-state index < -0.39 is 102 Å². The van der Waals surface area contributed by atoms with Crippen molar-refractivity contribution in [3.63, 3.8) is 0 Å². The topological polar surface area (TPSA) is 274 Å². The lowest BCUT2D eigenvalue weighted by atomic mass is 9.97. The SMILES string of the molecule is CCCC[C@H](NC(C)=O)C(=O)N[C@H]1CC(=O)NCCCC[C@@H](C(N)=O)NC(=O)[C@H](Cc2c[nH]c3ccccc23)NC(=O)[C@@H]2CCCN2C(=O)[C@@H](Cc2ccc3ccccc3c2)NC(=O)[C@@H]2CCCCN2C1=O. The number of primary amides is 1. The van der Waals surface area contributed by atoms with Gasteiger partial charge in [-0.2, -0.15) is 0 Å². The van der Waals surface area contributed by atoms with E-state index in [0.717, 1.165) is 39.2 Å². The highest BCUT2D eigenvalue weighted by atomic mass is 16.2. The van der Waals surface area contributed by atoms with Crippen molar-refractivity contribution in [2.75, 3.05) is 19.6 Å². The zero-order chi connectivity index (χ0) is 51.3. The maximum absolute atomic E-state index is 15.1. The predicted octanol–water partition coefficient (Wildman–Crippen LogP) is 2.29. The number of benzene rings is 3. The molecule has 0 spiro atoms. The summed E-state index contributed by atoms with van der Waals surface area (Å²) in [5.41, 5.74) is 8.10. The van der Waals surface area contributed by atoms with Crippen molar-refractivity contribution >= 4 is 74.8 Å². The zero-order valence-electron chi connectivity index (χ0n) is 41.1. The Kier molecular flexibility index (Phi) is 18.0. The summed E-state index contributed by atoms with van der Waals surface area (Å²) >= 11 is 0. The lowest BCUT2D eigenvalue weighted by Gasteiger charge is -2.38. The first kappa shape index (κ1) is 52.5. The second-order valence-corrected chi connectivity index (χ2v) is 19.3. The molecule has 19 heteroatoms. The Morgan fingerprint density at radius 3 is 2.17 bits per heavy atom. The number of nitrogens with two attached hydrogens (primary N) is 1. The van der Waals surface area contributed by atoms with Gasteiger partial charge >= 0.3 is 0 Å². The summed E-state index contributed by atoms with van der Waals surface area (Å²) in [6.45, 7) is 3.63. The fourth-order valence-electron chi connectivity index (χ4n) is 10.1. The van der Waals surface area contributed by atoms with Crippen LogP contribution in [0.4, 0.5) is 0 Å². The van der Waals surface area contributed by atoms with Gasteiger partial charge in [0, 0.05) is 56.5 Å². The molecule has 384 valence electrons. The smallest absolute Gasteiger partial charge is 0.246 e. The van der Waals surface area contributed by atoms with Crippen LogP contribution in [0.3, 0.4) is 0 Å². The van der Waals surface area contributed by atoms with E-state index in [1.807, 2.05) is 73.7 Å². The molecule has 1 aromatic heterocycles. The first-order valence-corrected chi connectivity index (χ1v) is 25.4. The van der Waals surface area contributed by atoms with Crippen molar-refractivity contribution < 1.29 is 43.2 Å². The van der Waals surface area contributed by atoms with Crippen molar-refractivity contribution in [3.05, 3.63) is 84.1 Å². The van der Waals surface area contributed by atoms with Crippen LogP contribution in [0.25, 0.3) is 21.7 Å². The van der Waals surface area contributed by atoms with Crippen molar-refractivity contribution in [3.8, 4) is 0 Å². The number of carbonyl (C=O) groups is 9. The second-order valence-electron chi connectivity index (χ2n) is 19.3. The van der Waals surface area contributed by atoms with Crippen LogP contribution >= 0.6 is 0 Å². The van der Waals surface area contributed by atoms with Gasteiger partial charge in [-0.15, -0.1) is 0 Å². The number of nitrogens with zero attached hydrogens (tertiary/aromatic N) is 2. The number of hydrogen-bond acceptors (Lipinski definition) is 9. The number of piperidine rings is 1. The van der Waals surface area contributed by atoms with Gasteiger partial charge in [0.1, 0.15) is 42.3 Å². The summed E-state index contributed by atoms with van der Waals surface area (Å²) in [5, 5.41) is 19.5. The van der Waals surface area contributed by atoms with Crippen molar-refractivity contribution in [1.29, 1.82) is 0 Å². The number of para-hydroxylation sites is 1. The maximum Gasteiger partial charge on any atom is 0.246 e. The molecule has 9 amide bonds. The van der Waals surface area contributed by atoms with Crippen LogP contribution in [-0.2, 0) is 56.0 Å². The average molecular weight is 989 g/mol. The Balaban J connectivity index is 1.23. The van der Waals surface area contributed by atoms with Gasteiger partial charge in [0.15, 0.2) is 0 Å². The Bertz CT molecular complexity index is 2650. The van der Waals surface area contributed by atoms with E-state index >= 15 is 4.79 Å². The molecule has 7 atom stereocenters. The van der Waals surface area contributed by atoms with Crippen LogP contribution in [0.1, 0.15) is 102 Å². The lowest BCUT2D eigenvalue weighted by Crippen LogP contribution is -2.62. The molecule has 3 aliphatic heterocycles. The normalized spacial score (nSPS) is 23.8. The number of nitrogens with one attached hydrogen (secondary N) is 7. The number of hydrogen-bond donors (Lipinski definition) is 8. The third-order valence-corrected chi connectivity index (χ3v) is 14.0. The van der Waals surface area contributed by atoms with Gasteiger partial charge in [-0.3, -0.25) is 43.2 Å². The molecule has 0 unspecified atom stereocenters. The van der Waals surface area contributed by atoms with Crippen LogP contribution in [-0.4, -0.2) is 130 Å². The molecule has 4 aromatic rings. The molecule has 3 fully saturated rings. The minimum absolute atomic E-state index is 0.0299. The summed E-state index contributed by atoms with van der Waals surface area (Å²) in [5.74, 6) is -5.56. The van der Waals surface area contributed by atoms with Crippen molar-refractivity contribution in [1.82, 2.24) is 46.7 Å². The van der Waals surface area contributed by atoms with Crippen LogP contribution in [0.15, 0.2) is 72.9 Å². The molecule has 4 heterocycles. The standard InChI is InChI=1S/C53H68N10O9/c1-3-4-17-40(57-32(2)64)48(67)60-43-30-46(65)55-24-11-9-19-39(47(54)66)58-49(68)41(29-36-31-56-38-18-8-7-16-37(36)38)59-50(69)45-21-13-26-63(45)52(71)42(28-33-22-23-34-14-5-6-15-35(34)27-33)61-51(70)44-20-10-12-25-62(44)53(43)72/h5-8,14-16,18,22-23,27,31,39-45,56H,3-4,9-13,17,19-21,24-26,28-30H2,1-2H3,(H2,54,66)(H,55,65)(H,57,64)(H,58,68)(H,59,69)(H,60,67)(H,61,70)/t39-,40-,41-,42+,43-,44-,45-/m0/s1. The Morgan fingerprint density at radius 1 is 0.736 bits per heavy atom. The van der Waals surface area contributed by atoms with Gasteiger partial charge in [0.25, 0.3) is 0 Å². The number of fused-ring (bicyclic) bond motifs is 4. The third kappa shape index (κ3) is 13.3. The number of unbranched alkanes of at least 4 members (excludes halogenated alkanes) is 1. The van der Waals surface area contributed by atoms with Crippen molar-refractivity contribution in [2.24, 2.45) is 5.73 Å². The summed E-state index contributed by atoms with van der Waals surface area (Å²) in [4.78, 5) is 132. The van der Waals surface area contributed by atoms with Gasteiger partial charge in [0.2, 0.25) is 53.2 Å². The first-order chi connectivity index (χ1) is 34.7. The Morgan fingerprint density at radius 2 is 1.42 bits per heavy atom. The molecular formula is C53H68N10O9. The fourth-order valence-corrected chi connectivity index (χ4v) is 10.1. The van der Waals surface area contributed by atoms with Gasteiger partial charge in [-0.25, -0.2) is 0 Å². The first-order valence-electron chi connectivity index (χ1n) is 25.4. The minimum atomic E-state index is -1.43. The second kappa shape index (κ2) is 24.7. The number of rotatable bonds is 11. The molecule has 0 aliphatic carbocycles. The highest BCUT2D eigenvalue weighted by Gasteiger charge is 2.42. The monoisotopic (exact) mass is 989 g/mol. The van der Waals surface area contributed by atoms with Gasteiger partial charge in [-0.05, 0) is 85.8 Å². The Hall–Kier alpha value is -7.31. The number of amides is 9. The van der Waals surface area contributed by atoms with Crippen molar-refractivity contribution in [2.45, 2.75) is 146 Å². The Labute approximate surface area is 418 Å². The summed E-state index contributed by atoms with van der Waals surface area (Å²) in [6.07, 6.45) is 5.76. The van der Waals surface area contributed by atoms with E-state index in [1.165, 1.54) is 16.7 Å². The van der Waals surface area contributed by atoms with Gasteiger partial charge < -0.3 is 52.4 Å². The quantitative estimate of drug-likeness (QED) is 0.109. The molecule has 0 saturated carbocycles. The summed E-state index contributed by atoms with van der Waals surface area (Å²) < 4.78 is 0. The largest absolute Gasteiger partial charge is 0.368 e.